The molecule has 31 heavy (non-hydrogen) atoms. The number of carbonyl (C=O) groups is 2. The van der Waals surface area contributed by atoms with Gasteiger partial charge in [-0.1, -0.05) is 19.1 Å². The van der Waals surface area contributed by atoms with Crippen LogP contribution in [-0.4, -0.2) is 34.9 Å². The van der Waals surface area contributed by atoms with Gasteiger partial charge in [0.2, 0.25) is 5.91 Å². The number of nitrogens with one attached hydrogen (secondary N) is 2. The average Bonchev–Trinajstić information content (AvgIpc) is 3.28. The molecule has 2 heterocycles. The van der Waals surface area contributed by atoms with Gasteiger partial charge in [-0.2, -0.15) is 5.26 Å². The quantitative estimate of drug-likeness (QED) is 0.501. The van der Waals surface area contributed by atoms with Crippen LogP contribution in [0.15, 0.2) is 54.2 Å². The van der Waals surface area contributed by atoms with Gasteiger partial charge in [0.15, 0.2) is 0 Å². The summed E-state index contributed by atoms with van der Waals surface area (Å²) >= 11 is 1.56. The minimum absolute atomic E-state index is 0.0178. The van der Waals surface area contributed by atoms with Crippen LogP contribution in [0.5, 0.6) is 0 Å². The number of carbonyl (C=O) groups excluding carboxylic acids is 2. The average molecular weight is 434 g/mol. The van der Waals surface area contributed by atoms with Crippen molar-refractivity contribution in [1.29, 1.82) is 5.26 Å². The third-order valence-corrected chi connectivity index (χ3v) is 5.57. The van der Waals surface area contributed by atoms with Crippen molar-refractivity contribution in [2.75, 3.05) is 13.1 Å². The lowest BCUT2D eigenvalue weighted by atomic mass is 10.0. The fraction of sp³-hybridized carbons (Fsp3) is 0.261. The Hall–Kier alpha value is -3.57. The number of nitriles is 1. The molecule has 1 aromatic carbocycles. The topological polar surface area (TPSA) is 108 Å². The molecule has 0 saturated heterocycles. The number of benzene rings is 1. The molecule has 1 unspecified atom stereocenters. The van der Waals surface area contributed by atoms with Crippen molar-refractivity contribution in [1.82, 2.24) is 20.6 Å². The third-order valence-electron chi connectivity index (χ3n) is 4.68. The summed E-state index contributed by atoms with van der Waals surface area (Å²) in [5.41, 5.74) is 3.36. The van der Waals surface area contributed by atoms with E-state index >= 15 is 0 Å². The molecule has 0 aliphatic rings. The van der Waals surface area contributed by atoms with Crippen molar-refractivity contribution >= 4 is 23.2 Å². The summed E-state index contributed by atoms with van der Waals surface area (Å²) in [5.74, 6) is -0.188. The van der Waals surface area contributed by atoms with Crippen LogP contribution in [0.4, 0.5) is 0 Å². The van der Waals surface area contributed by atoms with Crippen LogP contribution in [0.2, 0.25) is 0 Å². The van der Waals surface area contributed by atoms with Crippen LogP contribution in [0.1, 0.15) is 30.1 Å². The van der Waals surface area contributed by atoms with Gasteiger partial charge in [0, 0.05) is 47.4 Å². The van der Waals surface area contributed by atoms with Gasteiger partial charge in [-0.3, -0.25) is 14.6 Å². The number of thiazole rings is 1. The normalized spacial score (nSPS) is 11.4. The van der Waals surface area contributed by atoms with E-state index in [4.69, 9.17) is 5.26 Å². The Bertz CT molecular complexity index is 1060. The van der Waals surface area contributed by atoms with Crippen LogP contribution < -0.4 is 10.6 Å². The van der Waals surface area contributed by atoms with Gasteiger partial charge in [-0.25, -0.2) is 4.98 Å². The fourth-order valence-corrected chi connectivity index (χ4v) is 3.80. The van der Waals surface area contributed by atoms with Gasteiger partial charge in [0.25, 0.3) is 5.91 Å². The molecular weight excluding hydrogens is 410 g/mol. The van der Waals surface area contributed by atoms with Gasteiger partial charge in [-0.15, -0.1) is 11.3 Å². The monoisotopic (exact) mass is 433 g/mol. The van der Waals surface area contributed by atoms with E-state index in [0.29, 0.717) is 24.9 Å². The summed E-state index contributed by atoms with van der Waals surface area (Å²) < 4.78 is 0. The second kappa shape index (κ2) is 11.0. The van der Waals surface area contributed by atoms with Crippen molar-refractivity contribution in [3.63, 3.8) is 0 Å². The molecule has 3 rings (SSSR count). The number of pyridine rings is 1. The van der Waals surface area contributed by atoms with E-state index in [0.717, 1.165) is 21.8 Å². The maximum atomic E-state index is 12.4. The van der Waals surface area contributed by atoms with Gasteiger partial charge >= 0.3 is 0 Å². The zero-order valence-electron chi connectivity index (χ0n) is 17.2. The maximum absolute atomic E-state index is 12.4. The highest BCUT2D eigenvalue weighted by atomic mass is 32.1. The van der Waals surface area contributed by atoms with E-state index in [1.54, 1.807) is 35.9 Å². The van der Waals surface area contributed by atoms with E-state index in [1.807, 2.05) is 42.6 Å². The molecule has 1 atom stereocenters. The predicted octanol–water partition coefficient (Wildman–Crippen LogP) is 3.66. The Morgan fingerprint density at radius 2 is 1.97 bits per heavy atom. The third kappa shape index (κ3) is 6.46. The Labute approximate surface area is 185 Å². The first kappa shape index (κ1) is 22.1. The first-order chi connectivity index (χ1) is 15.1. The van der Waals surface area contributed by atoms with Crippen molar-refractivity contribution in [3.8, 4) is 27.9 Å². The van der Waals surface area contributed by atoms with E-state index < -0.39 is 0 Å². The van der Waals surface area contributed by atoms with Crippen molar-refractivity contribution in [2.45, 2.75) is 19.8 Å². The molecule has 0 bridgehead atoms. The van der Waals surface area contributed by atoms with E-state index in [-0.39, 0.29) is 24.3 Å². The fourth-order valence-electron chi connectivity index (χ4n) is 2.98. The summed E-state index contributed by atoms with van der Waals surface area (Å²) in [6.07, 6.45) is 4.53. The number of hydrogen-bond acceptors (Lipinski definition) is 6. The van der Waals surface area contributed by atoms with Crippen LogP contribution in [0, 0.1) is 17.2 Å². The summed E-state index contributed by atoms with van der Waals surface area (Å²) in [5, 5.41) is 16.8. The van der Waals surface area contributed by atoms with E-state index in [1.165, 1.54) is 0 Å². The lowest BCUT2D eigenvalue weighted by Gasteiger charge is -2.11. The Balaban J connectivity index is 1.50. The van der Waals surface area contributed by atoms with Crippen LogP contribution >= 0.6 is 11.3 Å². The molecule has 158 valence electrons. The van der Waals surface area contributed by atoms with Crippen molar-refractivity contribution in [2.24, 2.45) is 5.92 Å². The number of amides is 2. The largest absolute Gasteiger partial charge is 0.352 e. The number of hydrogen-bond donors (Lipinski definition) is 2. The lowest BCUT2D eigenvalue weighted by Crippen LogP contribution is -2.28. The summed E-state index contributed by atoms with van der Waals surface area (Å²) in [6.45, 7) is 2.44. The predicted molar refractivity (Wildman–Crippen MR) is 120 cm³/mol. The maximum Gasteiger partial charge on any atom is 0.251 e. The Morgan fingerprint density at radius 1 is 1.16 bits per heavy atom. The second-order valence-electron chi connectivity index (χ2n) is 7.15. The minimum Gasteiger partial charge on any atom is -0.352 e. The van der Waals surface area contributed by atoms with Crippen LogP contribution in [0.3, 0.4) is 0 Å². The number of aromatic nitrogens is 2. The minimum atomic E-state index is -0.151. The highest BCUT2D eigenvalue weighted by Crippen LogP contribution is 2.28. The summed E-state index contributed by atoms with van der Waals surface area (Å²) in [6, 6.07) is 13.1. The number of nitrogens with zero attached hydrogens (tertiary/aromatic N) is 3. The standard InChI is InChI=1S/C23H23N5O2S/c1-16(13-21(29)26-12-9-24)8-11-27-22(30)18-6-4-17(5-7-18)20-15-31-23(28-20)19-3-2-10-25-14-19/h2-7,10,14-16H,8,11-13H2,1H3,(H,26,29)(H,27,30). The molecule has 0 fully saturated rings. The van der Waals surface area contributed by atoms with Crippen LogP contribution in [-0.2, 0) is 4.79 Å². The zero-order chi connectivity index (χ0) is 22.1. The molecule has 2 amide bonds. The van der Waals surface area contributed by atoms with E-state index in [9.17, 15) is 9.59 Å². The van der Waals surface area contributed by atoms with E-state index in [2.05, 4.69) is 20.6 Å². The molecule has 7 nitrogen and oxygen atoms in total. The van der Waals surface area contributed by atoms with Gasteiger partial charge < -0.3 is 10.6 Å². The molecule has 0 radical (unpaired) electrons. The van der Waals surface area contributed by atoms with Gasteiger partial charge in [-0.05, 0) is 36.6 Å². The molecule has 0 aliphatic carbocycles. The molecular formula is C23H23N5O2S. The lowest BCUT2D eigenvalue weighted by molar-refractivity contribution is -0.121. The highest BCUT2D eigenvalue weighted by molar-refractivity contribution is 7.13. The second-order valence-corrected chi connectivity index (χ2v) is 8.00. The molecule has 8 heteroatoms. The summed E-state index contributed by atoms with van der Waals surface area (Å²) in [7, 11) is 0. The highest BCUT2D eigenvalue weighted by Gasteiger charge is 2.11. The molecule has 2 aromatic heterocycles. The van der Waals surface area contributed by atoms with Crippen molar-refractivity contribution < 1.29 is 9.59 Å². The van der Waals surface area contributed by atoms with Gasteiger partial charge in [0.05, 0.1) is 11.8 Å². The van der Waals surface area contributed by atoms with Gasteiger partial charge in [0.1, 0.15) is 11.6 Å². The smallest absolute Gasteiger partial charge is 0.251 e. The Morgan fingerprint density at radius 3 is 2.68 bits per heavy atom. The van der Waals surface area contributed by atoms with Crippen molar-refractivity contribution in [3.05, 3.63) is 59.7 Å². The zero-order valence-corrected chi connectivity index (χ0v) is 18.0. The molecule has 3 aromatic rings. The molecule has 0 saturated carbocycles. The first-order valence-corrected chi connectivity index (χ1v) is 10.8. The van der Waals surface area contributed by atoms with Crippen LogP contribution in [0.25, 0.3) is 21.8 Å². The Kier molecular flexibility index (Phi) is 7.85. The molecule has 0 aliphatic heterocycles. The first-order valence-electron chi connectivity index (χ1n) is 9.95. The molecule has 0 spiro atoms. The SMILES string of the molecule is CC(CCNC(=O)c1ccc(-c2csc(-c3cccnc3)n2)cc1)CC(=O)NCC#N. The summed E-state index contributed by atoms with van der Waals surface area (Å²) in [4.78, 5) is 32.8. The molecule has 2 N–H and O–H groups in total. The number of rotatable bonds is 9.